The maximum absolute atomic E-state index is 12.0. The summed E-state index contributed by atoms with van der Waals surface area (Å²) >= 11 is 0. The number of hydrogen-bond acceptors (Lipinski definition) is 4. The van der Waals surface area contributed by atoms with Gasteiger partial charge in [-0.3, -0.25) is 4.79 Å². The van der Waals surface area contributed by atoms with Crippen LogP contribution in [0.1, 0.15) is 46.5 Å². The molecule has 0 bridgehead atoms. The molecule has 0 unspecified atom stereocenters. The minimum absolute atomic E-state index is 0.192. The molecule has 6 nitrogen and oxygen atoms in total. The highest BCUT2D eigenvalue weighted by atomic mass is 16.6. The van der Waals surface area contributed by atoms with Gasteiger partial charge in [0.25, 0.3) is 0 Å². The van der Waals surface area contributed by atoms with Gasteiger partial charge in [-0.25, -0.2) is 4.79 Å². The highest BCUT2D eigenvalue weighted by Gasteiger charge is 2.27. The second kappa shape index (κ2) is 7.99. The number of rotatable bonds is 4. The normalized spacial score (nSPS) is 20.7. The number of piperazine rings is 1. The zero-order valence-electron chi connectivity index (χ0n) is 14.8. The van der Waals surface area contributed by atoms with Gasteiger partial charge in [-0.2, -0.15) is 0 Å². The fraction of sp³-hybridized carbons (Fsp3) is 0.882. The van der Waals surface area contributed by atoms with Crippen molar-refractivity contribution in [1.29, 1.82) is 0 Å². The van der Waals surface area contributed by atoms with Gasteiger partial charge < -0.3 is 19.9 Å². The molecule has 2 rings (SSSR count). The quantitative estimate of drug-likeness (QED) is 0.857. The average Bonchev–Trinajstić information content (AvgIpc) is 2.48. The maximum atomic E-state index is 12.0. The fourth-order valence-electron chi connectivity index (χ4n) is 3.18. The van der Waals surface area contributed by atoms with E-state index in [0.29, 0.717) is 12.5 Å². The van der Waals surface area contributed by atoms with E-state index < -0.39 is 5.60 Å². The minimum atomic E-state index is -0.427. The monoisotopic (exact) mass is 325 g/mol. The van der Waals surface area contributed by atoms with Crippen molar-refractivity contribution in [3.05, 3.63) is 0 Å². The first-order chi connectivity index (χ1) is 10.8. The number of likely N-dealkylation sites (tertiary alicyclic amines) is 1. The highest BCUT2D eigenvalue weighted by molar-refractivity contribution is 5.78. The van der Waals surface area contributed by atoms with E-state index in [0.717, 1.165) is 58.4 Å². The summed E-state index contributed by atoms with van der Waals surface area (Å²) in [4.78, 5) is 27.5. The molecule has 132 valence electrons. The Bertz CT molecular complexity index is 412. The molecule has 6 heteroatoms. The van der Waals surface area contributed by atoms with E-state index in [-0.39, 0.29) is 12.0 Å². The second-order valence-corrected chi connectivity index (χ2v) is 7.61. The first-order valence-corrected chi connectivity index (χ1v) is 8.81. The average molecular weight is 325 g/mol. The largest absolute Gasteiger partial charge is 0.444 e. The Balaban J connectivity index is 1.63. The molecule has 0 spiro atoms. The van der Waals surface area contributed by atoms with Crippen molar-refractivity contribution in [1.82, 2.24) is 15.1 Å². The Morgan fingerprint density at radius 2 is 1.96 bits per heavy atom. The predicted molar refractivity (Wildman–Crippen MR) is 89.2 cm³/mol. The summed E-state index contributed by atoms with van der Waals surface area (Å²) in [5, 5.41) is 3.10. The third-order valence-electron chi connectivity index (χ3n) is 4.49. The number of nitrogens with zero attached hydrogens (tertiary/aromatic N) is 2. The van der Waals surface area contributed by atoms with E-state index in [9.17, 15) is 9.59 Å². The smallest absolute Gasteiger partial charge is 0.410 e. The second-order valence-electron chi connectivity index (χ2n) is 7.61. The Morgan fingerprint density at radius 3 is 2.57 bits per heavy atom. The Hall–Kier alpha value is -1.30. The van der Waals surface area contributed by atoms with Crippen LogP contribution in [0.4, 0.5) is 4.79 Å². The van der Waals surface area contributed by atoms with Crippen LogP contribution in [0, 0.1) is 5.92 Å². The number of carbonyl (C=O) groups is 2. The van der Waals surface area contributed by atoms with E-state index in [2.05, 4.69) is 5.32 Å². The number of amides is 2. The minimum Gasteiger partial charge on any atom is -0.444 e. The van der Waals surface area contributed by atoms with Gasteiger partial charge in [-0.05, 0) is 52.4 Å². The van der Waals surface area contributed by atoms with Crippen molar-refractivity contribution in [2.45, 2.75) is 52.1 Å². The maximum Gasteiger partial charge on any atom is 0.410 e. The lowest BCUT2D eigenvalue weighted by Gasteiger charge is -2.34. The van der Waals surface area contributed by atoms with Gasteiger partial charge in [0.2, 0.25) is 5.91 Å². The third-order valence-corrected chi connectivity index (χ3v) is 4.49. The summed E-state index contributed by atoms with van der Waals surface area (Å²) < 4.78 is 5.42. The summed E-state index contributed by atoms with van der Waals surface area (Å²) in [6, 6.07) is 0. The first kappa shape index (κ1) is 18.0. The van der Waals surface area contributed by atoms with E-state index >= 15 is 0 Å². The van der Waals surface area contributed by atoms with E-state index in [4.69, 9.17) is 4.74 Å². The molecule has 2 saturated heterocycles. The SMILES string of the molecule is CC(C)(C)OC(=O)N1CCC(CCCN2CCNCC2=O)CC1. The number of carbonyl (C=O) groups excluding carboxylic acids is 2. The van der Waals surface area contributed by atoms with Crippen molar-refractivity contribution in [2.24, 2.45) is 5.92 Å². The van der Waals surface area contributed by atoms with Crippen LogP contribution in [0.5, 0.6) is 0 Å². The molecule has 2 aliphatic heterocycles. The van der Waals surface area contributed by atoms with Crippen LogP contribution in [0.3, 0.4) is 0 Å². The lowest BCUT2D eigenvalue weighted by molar-refractivity contribution is -0.132. The third kappa shape index (κ3) is 6.01. The lowest BCUT2D eigenvalue weighted by Crippen LogP contribution is -2.48. The molecule has 0 radical (unpaired) electrons. The zero-order chi connectivity index (χ0) is 16.9. The van der Waals surface area contributed by atoms with E-state index in [1.54, 1.807) is 0 Å². The predicted octanol–water partition coefficient (Wildman–Crippen LogP) is 1.85. The van der Waals surface area contributed by atoms with Crippen LogP contribution < -0.4 is 5.32 Å². The molecular weight excluding hydrogens is 294 g/mol. The molecule has 2 aliphatic rings. The van der Waals surface area contributed by atoms with Gasteiger partial charge in [0.1, 0.15) is 5.60 Å². The molecule has 1 N–H and O–H groups in total. The number of hydrogen-bond donors (Lipinski definition) is 1. The first-order valence-electron chi connectivity index (χ1n) is 8.81. The fourth-order valence-corrected chi connectivity index (χ4v) is 3.18. The van der Waals surface area contributed by atoms with Crippen molar-refractivity contribution in [3.8, 4) is 0 Å². The molecular formula is C17H31N3O3. The van der Waals surface area contributed by atoms with E-state index in [1.807, 2.05) is 30.6 Å². The molecule has 23 heavy (non-hydrogen) atoms. The molecule has 2 heterocycles. The highest BCUT2D eigenvalue weighted by Crippen LogP contribution is 2.23. The zero-order valence-corrected chi connectivity index (χ0v) is 14.8. The number of ether oxygens (including phenoxy) is 1. The molecule has 2 amide bonds. The molecule has 0 aromatic carbocycles. The van der Waals surface area contributed by atoms with Gasteiger partial charge >= 0.3 is 6.09 Å². The lowest BCUT2D eigenvalue weighted by atomic mass is 9.92. The van der Waals surface area contributed by atoms with Crippen LogP contribution in [0.15, 0.2) is 0 Å². The summed E-state index contributed by atoms with van der Waals surface area (Å²) in [6.45, 7) is 10.3. The molecule has 0 aliphatic carbocycles. The van der Waals surface area contributed by atoms with Crippen molar-refractivity contribution >= 4 is 12.0 Å². The van der Waals surface area contributed by atoms with Crippen molar-refractivity contribution in [2.75, 3.05) is 39.3 Å². The van der Waals surface area contributed by atoms with Gasteiger partial charge in [-0.15, -0.1) is 0 Å². The van der Waals surface area contributed by atoms with Crippen LogP contribution in [-0.2, 0) is 9.53 Å². The molecule has 0 saturated carbocycles. The van der Waals surface area contributed by atoms with Crippen LogP contribution in [0.2, 0.25) is 0 Å². The van der Waals surface area contributed by atoms with Crippen LogP contribution in [0.25, 0.3) is 0 Å². The van der Waals surface area contributed by atoms with Crippen molar-refractivity contribution in [3.63, 3.8) is 0 Å². The summed E-state index contributed by atoms with van der Waals surface area (Å²) in [7, 11) is 0. The molecule has 0 atom stereocenters. The Kier molecular flexibility index (Phi) is 6.27. The van der Waals surface area contributed by atoms with Gasteiger partial charge in [0, 0.05) is 32.7 Å². The number of piperidine rings is 1. The molecule has 0 aromatic rings. The standard InChI is InChI=1S/C17H31N3O3/c1-17(2,3)23-16(22)20-10-6-14(7-11-20)5-4-9-19-12-8-18-13-15(19)21/h14,18H,4-13H2,1-3H3. The number of nitrogens with one attached hydrogen (secondary N) is 1. The topological polar surface area (TPSA) is 61.9 Å². The van der Waals surface area contributed by atoms with Gasteiger partial charge in [-0.1, -0.05) is 0 Å². The Morgan fingerprint density at radius 1 is 1.26 bits per heavy atom. The Labute approximate surface area is 139 Å². The molecule has 2 fully saturated rings. The van der Waals surface area contributed by atoms with Crippen molar-refractivity contribution < 1.29 is 14.3 Å². The van der Waals surface area contributed by atoms with E-state index in [1.165, 1.54) is 0 Å². The molecule has 0 aromatic heterocycles. The summed E-state index contributed by atoms with van der Waals surface area (Å²) in [5.74, 6) is 0.877. The van der Waals surface area contributed by atoms with Gasteiger partial charge in [0.15, 0.2) is 0 Å². The van der Waals surface area contributed by atoms with Crippen LogP contribution in [-0.4, -0.2) is 66.7 Å². The van der Waals surface area contributed by atoms with Crippen LogP contribution >= 0.6 is 0 Å². The summed E-state index contributed by atoms with van der Waals surface area (Å²) in [5.41, 5.74) is -0.427. The summed E-state index contributed by atoms with van der Waals surface area (Å²) in [6.07, 6.45) is 4.08. The van der Waals surface area contributed by atoms with Gasteiger partial charge in [0.05, 0.1) is 6.54 Å².